The Kier molecular flexibility index (Phi) is 7.98. The molecule has 1 aliphatic heterocycles. The van der Waals surface area contributed by atoms with Gasteiger partial charge in [0.15, 0.2) is 0 Å². The second-order valence-corrected chi connectivity index (χ2v) is 6.11. The zero-order valence-electron chi connectivity index (χ0n) is 15.3. The molecule has 2 aromatic carbocycles. The Bertz CT molecular complexity index is 747. The normalized spacial score (nSPS) is 19.4. The summed E-state index contributed by atoms with van der Waals surface area (Å²) < 4.78 is 4.48. The molecule has 2 aliphatic rings. The van der Waals surface area contributed by atoms with Crippen LogP contribution in [0.2, 0.25) is 0 Å². The van der Waals surface area contributed by atoms with Crippen LogP contribution in [0.3, 0.4) is 0 Å². The molecule has 0 saturated carbocycles. The number of hydrogen-bond donors (Lipinski definition) is 0. The van der Waals surface area contributed by atoms with Gasteiger partial charge in [-0.3, -0.25) is 9.59 Å². The number of hydrogen-bond acceptors (Lipinski definition) is 3. The molecule has 2 atom stereocenters. The van der Waals surface area contributed by atoms with Gasteiger partial charge in [-0.2, -0.15) is 0 Å². The fourth-order valence-corrected chi connectivity index (χ4v) is 2.76. The molecule has 1 heterocycles. The Morgan fingerprint density at radius 2 is 1.33 bits per heavy atom. The molecule has 138 valence electrons. The van der Waals surface area contributed by atoms with E-state index in [9.17, 15) is 9.59 Å². The van der Waals surface area contributed by atoms with Crippen molar-refractivity contribution in [1.29, 1.82) is 0 Å². The average molecular weight is 360 g/mol. The number of allylic oxidation sites excluding steroid dienone is 1. The highest BCUT2D eigenvalue weighted by Crippen LogP contribution is 2.32. The van der Waals surface area contributed by atoms with Gasteiger partial charge in [-0.25, -0.2) is 0 Å². The van der Waals surface area contributed by atoms with Gasteiger partial charge in [-0.15, -0.1) is 0 Å². The molecular formula is C24H24O3. The lowest BCUT2D eigenvalue weighted by Crippen LogP contribution is -2.17. The van der Waals surface area contributed by atoms with E-state index in [4.69, 9.17) is 0 Å². The van der Waals surface area contributed by atoms with Crippen LogP contribution in [0, 0.1) is 11.8 Å². The summed E-state index contributed by atoms with van der Waals surface area (Å²) in [6.07, 6.45) is 9.01. The second kappa shape index (κ2) is 10.7. The number of esters is 2. The predicted octanol–water partition coefficient (Wildman–Crippen LogP) is 5.31. The molecule has 0 aromatic heterocycles. The lowest BCUT2D eigenvalue weighted by molar-refractivity contribution is -0.153. The number of carbonyl (C=O) groups is 2. The summed E-state index contributed by atoms with van der Waals surface area (Å²) in [7, 11) is 0. The minimum absolute atomic E-state index is 0.188. The van der Waals surface area contributed by atoms with Crippen LogP contribution in [0.4, 0.5) is 0 Å². The molecule has 27 heavy (non-hydrogen) atoms. The third kappa shape index (κ3) is 6.23. The lowest BCUT2D eigenvalue weighted by Gasteiger charge is -2.12. The van der Waals surface area contributed by atoms with Crippen molar-refractivity contribution in [2.45, 2.75) is 12.8 Å². The van der Waals surface area contributed by atoms with Gasteiger partial charge in [0.05, 0.1) is 11.8 Å². The van der Waals surface area contributed by atoms with Crippen molar-refractivity contribution in [3.05, 3.63) is 97.1 Å². The van der Waals surface area contributed by atoms with Crippen molar-refractivity contribution in [3.63, 3.8) is 0 Å². The Morgan fingerprint density at radius 1 is 0.815 bits per heavy atom. The number of benzene rings is 2. The Balaban J connectivity index is 0.000000149. The quantitative estimate of drug-likeness (QED) is 0.414. The van der Waals surface area contributed by atoms with Crippen LogP contribution in [0.15, 0.2) is 86.0 Å². The van der Waals surface area contributed by atoms with E-state index in [1.165, 1.54) is 11.1 Å². The fraction of sp³-hybridized carbons (Fsp3) is 0.167. The first kappa shape index (κ1) is 20.1. The highest BCUT2D eigenvalue weighted by molar-refractivity contribution is 5.97. The summed E-state index contributed by atoms with van der Waals surface area (Å²) >= 11 is 0. The first-order valence-electron chi connectivity index (χ1n) is 8.93. The van der Waals surface area contributed by atoms with Gasteiger partial charge in [-0.05, 0) is 24.0 Å². The number of fused-ring (bicyclic) bond motifs is 1. The van der Waals surface area contributed by atoms with Gasteiger partial charge in [0.25, 0.3) is 0 Å². The molecule has 3 nitrogen and oxygen atoms in total. The van der Waals surface area contributed by atoms with E-state index in [1.807, 2.05) is 78.9 Å². The average Bonchev–Trinajstić information content (AvgIpc) is 3.04. The van der Waals surface area contributed by atoms with E-state index in [0.717, 1.165) is 12.8 Å². The van der Waals surface area contributed by atoms with E-state index in [-0.39, 0.29) is 23.8 Å². The fourth-order valence-electron chi connectivity index (χ4n) is 2.76. The Labute approximate surface area is 160 Å². The summed E-state index contributed by atoms with van der Waals surface area (Å²) in [5.74, 6) is -1.19. The van der Waals surface area contributed by atoms with Gasteiger partial charge in [-0.1, -0.05) is 98.1 Å². The van der Waals surface area contributed by atoms with E-state index in [1.54, 1.807) is 6.08 Å². The van der Waals surface area contributed by atoms with E-state index >= 15 is 0 Å². The molecule has 1 fully saturated rings. The van der Waals surface area contributed by atoms with Gasteiger partial charge < -0.3 is 4.74 Å². The number of cyclic esters (lactones) is 2. The molecular weight excluding hydrogens is 336 g/mol. The lowest BCUT2D eigenvalue weighted by atomic mass is 9.86. The van der Waals surface area contributed by atoms with Crippen molar-refractivity contribution >= 4 is 24.1 Å². The van der Waals surface area contributed by atoms with Crippen molar-refractivity contribution in [2.24, 2.45) is 11.8 Å². The van der Waals surface area contributed by atoms with E-state index in [0.29, 0.717) is 0 Å². The molecule has 0 radical (unpaired) electrons. The largest absolute Gasteiger partial charge is 0.392 e. The molecule has 0 bridgehead atoms. The van der Waals surface area contributed by atoms with Crippen LogP contribution >= 0.6 is 0 Å². The molecule has 0 amide bonds. The summed E-state index contributed by atoms with van der Waals surface area (Å²) in [6, 6.07) is 20.1. The van der Waals surface area contributed by atoms with Crippen molar-refractivity contribution in [1.82, 2.24) is 0 Å². The summed E-state index contributed by atoms with van der Waals surface area (Å²) in [4.78, 5) is 21.9. The summed E-state index contributed by atoms with van der Waals surface area (Å²) in [5.41, 5.74) is 2.35. The van der Waals surface area contributed by atoms with Crippen LogP contribution in [0.1, 0.15) is 24.0 Å². The van der Waals surface area contributed by atoms with Gasteiger partial charge in [0.2, 0.25) is 0 Å². The first-order valence-corrected chi connectivity index (χ1v) is 8.93. The zero-order valence-corrected chi connectivity index (χ0v) is 15.3. The van der Waals surface area contributed by atoms with E-state index in [2.05, 4.69) is 17.9 Å². The summed E-state index contributed by atoms with van der Waals surface area (Å²) in [6.45, 7) is 7.26. The SMILES string of the molecule is C=Cc1ccccc1.C=Cc1ccccc1.O=C1OC(=O)C2CCC=CC12. The minimum Gasteiger partial charge on any atom is -0.392 e. The maximum Gasteiger partial charge on any atom is 0.321 e. The van der Waals surface area contributed by atoms with Gasteiger partial charge in [0.1, 0.15) is 0 Å². The maximum atomic E-state index is 10.9. The predicted molar refractivity (Wildman–Crippen MR) is 110 cm³/mol. The third-order valence-corrected chi connectivity index (χ3v) is 4.27. The van der Waals surface area contributed by atoms with Crippen LogP contribution in [-0.4, -0.2) is 11.9 Å². The van der Waals surface area contributed by atoms with Crippen LogP contribution < -0.4 is 0 Å². The van der Waals surface area contributed by atoms with Crippen LogP contribution in [-0.2, 0) is 14.3 Å². The number of carbonyl (C=O) groups excluding carboxylic acids is 2. The molecule has 3 heteroatoms. The molecule has 1 saturated heterocycles. The maximum absolute atomic E-state index is 10.9. The van der Waals surface area contributed by atoms with Crippen LogP contribution in [0.25, 0.3) is 12.2 Å². The molecule has 2 aromatic rings. The topological polar surface area (TPSA) is 43.4 Å². The van der Waals surface area contributed by atoms with Gasteiger partial charge >= 0.3 is 11.9 Å². The standard InChI is InChI=1S/C8H8O3.2C8H8/c9-7-5-3-1-2-4-6(5)8(10)11-7;2*1-2-8-6-4-3-5-7-8/h1,3,5-6H,2,4H2;2*2-7H,1H2. The summed E-state index contributed by atoms with van der Waals surface area (Å²) in [5, 5.41) is 0. The third-order valence-electron chi connectivity index (χ3n) is 4.27. The monoisotopic (exact) mass is 360 g/mol. The second-order valence-electron chi connectivity index (χ2n) is 6.11. The van der Waals surface area contributed by atoms with Crippen LogP contribution in [0.5, 0.6) is 0 Å². The number of rotatable bonds is 2. The van der Waals surface area contributed by atoms with Crippen molar-refractivity contribution in [2.75, 3.05) is 0 Å². The van der Waals surface area contributed by atoms with E-state index < -0.39 is 0 Å². The number of ether oxygens (including phenoxy) is 1. The molecule has 4 rings (SSSR count). The van der Waals surface area contributed by atoms with Gasteiger partial charge in [0, 0.05) is 0 Å². The minimum atomic E-state index is -0.379. The highest BCUT2D eigenvalue weighted by Gasteiger charge is 2.43. The molecule has 0 spiro atoms. The molecule has 0 N–H and O–H groups in total. The van der Waals surface area contributed by atoms with Crippen molar-refractivity contribution < 1.29 is 14.3 Å². The molecule has 1 aliphatic carbocycles. The Hall–Kier alpha value is -3.20. The Morgan fingerprint density at radius 3 is 1.74 bits per heavy atom. The molecule has 2 unspecified atom stereocenters. The zero-order chi connectivity index (χ0) is 19.5. The highest BCUT2D eigenvalue weighted by atomic mass is 16.6. The first-order chi connectivity index (χ1) is 13.2. The smallest absolute Gasteiger partial charge is 0.321 e. The van der Waals surface area contributed by atoms with Crippen molar-refractivity contribution in [3.8, 4) is 0 Å².